The highest BCUT2D eigenvalue weighted by Gasteiger charge is 2.24. The molecule has 0 N–H and O–H groups in total. The summed E-state index contributed by atoms with van der Waals surface area (Å²) in [6, 6.07) is 63.9. The normalized spacial score (nSPS) is 11.8. The van der Waals surface area contributed by atoms with Crippen LogP contribution in [0.4, 0.5) is 5.69 Å². The van der Waals surface area contributed by atoms with Gasteiger partial charge in [-0.3, -0.25) is 0 Å². The Morgan fingerprint density at radius 2 is 0.860 bits per heavy atom. The van der Waals surface area contributed by atoms with E-state index in [4.69, 9.17) is 6.57 Å². The zero-order chi connectivity index (χ0) is 37.8. The summed E-state index contributed by atoms with van der Waals surface area (Å²) in [5.41, 5.74) is 9.55. The van der Waals surface area contributed by atoms with E-state index in [0.717, 1.165) is 81.9 Å². The van der Waals surface area contributed by atoms with E-state index >= 15 is 0 Å². The number of nitriles is 1. The summed E-state index contributed by atoms with van der Waals surface area (Å²) in [4.78, 5) is 4.19. The summed E-state index contributed by atoms with van der Waals surface area (Å²) in [7, 11) is 0. The molecule has 0 aliphatic carbocycles. The van der Waals surface area contributed by atoms with Crippen LogP contribution in [0.2, 0.25) is 0 Å². The standard InChI is InChI=1S/C52H29N5/c1-54-40-30-48(34(31-53)29-49(40)56-43-22-11-8-19-39(43)50-35-15-4-2-13-32(35)25-27-46(50)56)57-45-24-12-23-44(52(45)51-36-16-5-3-14-33(36)26-28-47(51)57)55-41-20-9-6-17-37(41)38-18-7-10-21-42(38)55/h2-30H. The van der Waals surface area contributed by atoms with Crippen LogP contribution in [0.5, 0.6) is 0 Å². The highest BCUT2D eigenvalue weighted by atomic mass is 15.0. The Labute approximate surface area is 326 Å². The molecule has 12 rings (SSSR count). The van der Waals surface area contributed by atoms with Crippen LogP contribution in [0.25, 0.3) is 109 Å². The first-order chi connectivity index (χ1) is 28.2. The smallest absolute Gasteiger partial charge is 0.212 e. The fourth-order valence-corrected chi connectivity index (χ4v) is 9.55. The summed E-state index contributed by atoms with van der Waals surface area (Å²) in [5.74, 6) is 0. The minimum atomic E-state index is 0.467. The average molecular weight is 724 g/mol. The second kappa shape index (κ2) is 11.7. The lowest BCUT2D eigenvalue weighted by Gasteiger charge is -2.16. The fourth-order valence-electron chi connectivity index (χ4n) is 9.55. The summed E-state index contributed by atoms with van der Waals surface area (Å²) in [5, 5.41) is 22.5. The highest BCUT2D eigenvalue weighted by molar-refractivity contribution is 6.25. The van der Waals surface area contributed by atoms with E-state index in [9.17, 15) is 5.26 Å². The summed E-state index contributed by atoms with van der Waals surface area (Å²) in [6.07, 6.45) is 0. The highest BCUT2D eigenvalue weighted by Crippen LogP contribution is 2.45. The Hall–Kier alpha value is -8.12. The minimum absolute atomic E-state index is 0.467. The van der Waals surface area contributed by atoms with Crippen molar-refractivity contribution in [2.45, 2.75) is 0 Å². The third-order valence-corrected chi connectivity index (χ3v) is 11.9. The largest absolute Gasteiger partial charge is 0.319 e. The van der Waals surface area contributed by atoms with Crippen molar-refractivity contribution in [1.29, 1.82) is 5.26 Å². The van der Waals surface area contributed by atoms with Crippen molar-refractivity contribution in [3.8, 4) is 23.1 Å². The van der Waals surface area contributed by atoms with Gasteiger partial charge < -0.3 is 13.7 Å². The predicted molar refractivity (Wildman–Crippen MR) is 235 cm³/mol. The van der Waals surface area contributed by atoms with Gasteiger partial charge in [0.1, 0.15) is 6.07 Å². The monoisotopic (exact) mass is 723 g/mol. The van der Waals surface area contributed by atoms with E-state index in [2.05, 4.69) is 182 Å². The molecule has 5 nitrogen and oxygen atoms in total. The van der Waals surface area contributed by atoms with E-state index in [1.165, 1.54) is 10.8 Å². The molecular formula is C52H29N5. The molecule has 0 saturated heterocycles. The van der Waals surface area contributed by atoms with Crippen LogP contribution in [-0.2, 0) is 0 Å². The SMILES string of the molecule is [C-]#[N+]c1cc(-n2c3cccc(-n4c5ccccc5c5ccccc54)c3c3c4ccccc4ccc32)c(C#N)cc1-n1c2ccccc2c2c3ccccc3ccc21. The molecule has 0 radical (unpaired) electrons. The lowest BCUT2D eigenvalue weighted by atomic mass is 10.0. The number of hydrogen-bond acceptors (Lipinski definition) is 1. The second-order valence-electron chi connectivity index (χ2n) is 14.7. The van der Waals surface area contributed by atoms with E-state index in [0.29, 0.717) is 22.6 Å². The average Bonchev–Trinajstić information content (AvgIpc) is 3.92. The lowest BCUT2D eigenvalue weighted by molar-refractivity contribution is 1.14. The van der Waals surface area contributed by atoms with Gasteiger partial charge in [-0.25, -0.2) is 4.85 Å². The van der Waals surface area contributed by atoms with Gasteiger partial charge in [-0.05, 0) is 76.1 Å². The van der Waals surface area contributed by atoms with Crippen molar-refractivity contribution in [2.24, 2.45) is 0 Å². The third-order valence-electron chi connectivity index (χ3n) is 11.9. The zero-order valence-electron chi connectivity index (χ0n) is 30.5. The van der Waals surface area contributed by atoms with E-state index in [-0.39, 0.29) is 0 Å². The van der Waals surface area contributed by atoms with E-state index in [1.54, 1.807) is 0 Å². The van der Waals surface area contributed by atoms with Gasteiger partial charge in [-0.1, -0.05) is 121 Å². The Morgan fingerprint density at radius 1 is 0.386 bits per heavy atom. The van der Waals surface area contributed by atoms with Crippen molar-refractivity contribution in [3.63, 3.8) is 0 Å². The molecule has 0 atom stereocenters. The molecule has 57 heavy (non-hydrogen) atoms. The quantitative estimate of drug-likeness (QED) is 0.167. The van der Waals surface area contributed by atoms with Crippen molar-refractivity contribution >= 4 is 92.6 Å². The molecule has 0 aliphatic heterocycles. The molecule has 0 spiro atoms. The number of para-hydroxylation sites is 3. The summed E-state index contributed by atoms with van der Waals surface area (Å²) in [6.45, 7) is 8.62. The molecule has 0 unspecified atom stereocenters. The molecule has 5 heteroatoms. The molecule has 12 aromatic rings. The number of aromatic nitrogens is 3. The molecule has 9 aromatic carbocycles. The van der Waals surface area contributed by atoms with Crippen LogP contribution in [0.1, 0.15) is 5.56 Å². The molecule has 3 heterocycles. The Bertz CT molecular complexity index is 3730. The van der Waals surface area contributed by atoms with Crippen LogP contribution in [0.3, 0.4) is 0 Å². The number of rotatable bonds is 3. The van der Waals surface area contributed by atoms with Gasteiger partial charge in [0.05, 0.1) is 62.3 Å². The van der Waals surface area contributed by atoms with Gasteiger partial charge >= 0.3 is 0 Å². The van der Waals surface area contributed by atoms with Crippen molar-refractivity contribution < 1.29 is 0 Å². The molecule has 3 aromatic heterocycles. The van der Waals surface area contributed by atoms with Crippen LogP contribution >= 0.6 is 0 Å². The predicted octanol–water partition coefficient (Wildman–Crippen LogP) is 13.7. The van der Waals surface area contributed by atoms with Crippen LogP contribution in [-0.4, -0.2) is 13.7 Å². The van der Waals surface area contributed by atoms with Crippen molar-refractivity contribution in [1.82, 2.24) is 13.7 Å². The minimum Gasteiger partial charge on any atom is -0.319 e. The summed E-state index contributed by atoms with van der Waals surface area (Å²) < 4.78 is 6.74. The first-order valence-electron chi connectivity index (χ1n) is 19.0. The Morgan fingerprint density at radius 3 is 1.49 bits per heavy atom. The molecule has 0 amide bonds. The molecular weight excluding hydrogens is 695 g/mol. The van der Waals surface area contributed by atoms with Crippen molar-refractivity contribution in [2.75, 3.05) is 0 Å². The van der Waals surface area contributed by atoms with E-state index < -0.39 is 0 Å². The summed E-state index contributed by atoms with van der Waals surface area (Å²) >= 11 is 0. The van der Waals surface area contributed by atoms with Crippen LogP contribution in [0.15, 0.2) is 176 Å². The van der Waals surface area contributed by atoms with Gasteiger partial charge in [0.25, 0.3) is 0 Å². The molecule has 0 aliphatic rings. The maximum absolute atomic E-state index is 11.1. The third kappa shape index (κ3) is 4.20. The maximum atomic E-state index is 11.1. The van der Waals surface area contributed by atoms with Gasteiger partial charge in [-0.15, -0.1) is 0 Å². The van der Waals surface area contributed by atoms with Gasteiger partial charge in [-0.2, -0.15) is 5.26 Å². The molecule has 262 valence electrons. The Balaban J connectivity index is 1.20. The first kappa shape index (κ1) is 31.3. The van der Waals surface area contributed by atoms with Crippen LogP contribution in [0, 0.1) is 17.9 Å². The van der Waals surface area contributed by atoms with Crippen molar-refractivity contribution in [3.05, 3.63) is 193 Å². The second-order valence-corrected chi connectivity index (χ2v) is 14.7. The van der Waals surface area contributed by atoms with E-state index in [1.807, 2.05) is 18.2 Å². The van der Waals surface area contributed by atoms with Gasteiger partial charge in [0, 0.05) is 32.3 Å². The zero-order valence-corrected chi connectivity index (χ0v) is 30.5. The number of hydrogen-bond donors (Lipinski definition) is 0. The Kier molecular flexibility index (Phi) is 6.41. The van der Waals surface area contributed by atoms with Crippen LogP contribution < -0.4 is 0 Å². The molecule has 0 saturated carbocycles. The van der Waals surface area contributed by atoms with Gasteiger partial charge in [0.15, 0.2) is 0 Å². The number of nitrogens with zero attached hydrogens (tertiary/aromatic N) is 5. The first-order valence-corrected chi connectivity index (χ1v) is 19.0. The lowest BCUT2D eigenvalue weighted by Crippen LogP contribution is -2.02. The van der Waals surface area contributed by atoms with Gasteiger partial charge in [0.2, 0.25) is 5.69 Å². The topological polar surface area (TPSA) is 42.9 Å². The molecule has 0 fully saturated rings. The number of benzene rings is 9. The maximum Gasteiger partial charge on any atom is 0.212 e. The number of fused-ring (bicyclic) bond motifs is 13. The molecule has 0 bridgehead atoms. The fraction of sp³-hybridized carbons (Fsp3) is 0.